The average Bonchev–Trinajstić information content (AvgIpc) is 3.00. The van der Waals surface area contributed by atoms with Crippen LogP contribution in [0.4, 0.5) is 5.69 Å². The topological polar surface area (TPSA) is 54.9 Å². The number of aryl methyl sites for hydroxylation is 4. The lowest BCUT2D eigenvalue weighted by molar-refractivity contribution is -0.113. The third kappa shape index (κ3) is 3.24. The molecule has 1 aliphatic rings. The summed E-state index contributed by atoms with van der Waals surface area (Å²) in [6.07, 6.45) is 2.17. The normalized spacial score (nSPS) is 12.6. The van der Waals surface area contributed by atoms with Gasteiger partial charge in [-0.2, -0.15) is 0 Å². The molecule has 1 amide bonds. The number of nitrogens with zero attached hydrogens (tertiary/aromatic N) is 2. The molecule has 3 aromatic rings. The maximum absolute atomic E-state index is 12.4. The molecule has 25 heavy (non-hydrogen) atoms. The summed E-state index contributed by atoms with van der Waals surface area (Å²) in [5.74, 6) is 0.262. The van der Waals surface area contributed by atoms with Crippen molar-refractivity contribution in [2.24, 2.45) is 0 Å². The van der Waals surface area contributed by atoms with Crippen LogP contribution in [0.25, 0.3) is 10.8 Å². The van der Waals surface area contributed by atoms with Crippen molar-refractivity contribution in [2.45, 2.75) is 31.8 Å². The number of hydrogen-bond donors (Lipinski definition) is 1. The molecule has 0 unspecified atom stereocenters. The molecule has 4 rings (SSSR count). The predicted molar refractivity (Wildman–Crippen MR) is 102 cm³/mol. The van der Waals surface area contributed by atoms with Gasteiger partial charge in [0.15, 0.2) is 5.16 Å². The lowest BCUT2D eigenvalue weighted by Gasteiger charge is -2.10. The minimum absolute atomic E-state index is 0.0357. The van der Waals surface area contributed by atoms with Crippen molar-refractivity contribution in [1.82, 2.24) is 9.97 Å². The van der Waals surface area contributed by atoms with Crippen molar-refractivity contribution in [2.75, 3.05) is 11.1 Å². The number of thioether (sulfide) groups is 1. The van der Waals surface area contributed by atoms with Crippen molar-refractivity contribution in [1.29, 1.82) is 0 Å². The fourth-order valence-corrected chi connectivity index (χ4v) is 4.18. The monoisotopic (exact) mass is 349 g/mol. The Bertz CT molecular complexity index is 954. The SMILES string of the molecule is Cc1cc(C)nc(SCC(=O)Nc2ccc3c4c(cccc24)CC3)n1. The Hall–Kier alpha value is -2.40. The van der Waals surface area contributed by atoms with Gasteiger partial charge in [0, 0.05) is 22.5 Å². The highest BCUT2D eigenvalue weighted by Crippen LogP contribution is 2.35. The summed E-state index contributed by atoms with van der Waals surface area (Å²) < 4.78 is 0. The highest BCUT2D eigenvalue weighted by Gasteiger charge is 2.16. The van der Waals surface area contributed by atoms with Crippen molar-refractivity contribution >= 4 is 34.1 Å². The van der Waals surface area contributed by atoms with E-state index < -0.39 is 0 Å². The second kappa shape index (κ2) is 6.48. The van der Waals surface area contributed by atoms with Crippen molar-refractivity contribution in [3.05, 3.63) is 58.9 Å². The van der Waals surface area contributed by atoms with Crippen LogP contribution in [-0.2, 0) is 17.6 Å². The molecule has 0 saturated carbocycles. The molecule has 0 saturated heterocycles. The summed E-state index contributed by atoms with van der Waals surface area (Å²) in [5, 5.41) is 6.14. The first-order valence-corrected chi connectivity index (χ1v) is 9.37. The fourth-order valence-electron chi connectivity index (χ4n) is 3.43. The van der Waals surface area contributed by atoms with Crippen molar-refractivity contribution in [3.8, 4) is 0 Å². The second-order valence-corrected chi connectivity index (χ2v) is 7.32. The second-order valence-electron chi connectivity index (χ2n) is 6.38. The molecule has 0 fully saturated rings. The van der Waals surface area contributed by atoms with E-state index in [4.69, 9.17) is 0 Å². The number of nitrogens with one attached hydrogen (secondary N) is 1. The third-order valence-corrected chi connectivity index (χ3v) is 5.29. The van der Waals surface area contributed by atoms with Crippen LogP contribution >= 0.6 is 11.8 Å². The van der Waals surface area contributed by atoms with Gasteiger partial charge in [0.2, 0.25) is 5.91 Å². The molecule has 0 bridgehead atoms. The quantitative estimate of drug-likeness (QED) is 0.570. The zero-order valence-electron chi connectivity index (χ0n) is 14.3. The predicted octanol–water partition coefficient (Wildman–Crippen LogP) is 4.08. The molecule has 0 aliphatic heterocycles. The Morgan fingerprint density at radius 3 is 2.56 bits per heavy atom. The largest absolute Gasteiger partial charge is 0.325 e. The molecule has 4 nitrogen and oxygen atoms in total. The molecule has 5 heteroatoms. The first-order valence-electron chi connectivity index (χ1n) is 8.38. The summed E-state index contributed by atoms with van der Waals surface area (Å²) in [7, 11) is 0. The van der Waals surface area contributed by atoms with E-state index >= 15 is 0 Å². The first kappa shape index (κ1) is 16.1. The molecule has 1 aliphatic carbocycles. The Morgan fingerprint density at radius 2 is 1.80 bits per heavy atom. The van der Waals surface area contributed by atoms with E-state index in [0.29, 0.717) is 10.9 Å². The molecular weight excluding hydrogens is 330 g/mol. The summed E-state index contributed by atoms with van der Waals surface area (Å²) >= 11 is 1.37. The van der Waals surface area contributed by atoms with E-state index in [9.17, 15) is 4.79 Å². The molecule has 0 spiro atoms. The molecular formula is C20H19N3OS. The number of anilines is 1. The van der Waals surface area contributed by atoms with E-state index in [2.05, 4.69) is 39.6 Å². The van der Waals surface area contributed by atoms with E-state index in [1.54, 1.807) is 0 Å². The van der Waals surface area contributed by atoms with Gasteiger partial charge >= 0.3 is 0 Å². The minimum atomic E-state index is -0.0357. The first-order chi connectivity index (χ1) is 12.1. The van der Waals surface area contributed by atoms with E-state index in [1.807, 2.05) is 26.0 Å². The number of aromatic nitrogens is 2. The van der Waals surface area contributed by atoms with Gasteiger partial charge < -0.3 is 5.32 Å². The van der Waals surface area contributed by atoms with Crippen LogP contribution in [0.15, 0.2) is 41.6 Å². The fraction of sp³-hybridized carbons (Fsp3) is 0.250. The number of carbonyl (C=O) groups excluding carboxylic acids is 1. The van der Waals surface area contributed by atoms with Gasteiger partial charge in [-0.25, -0.2) is 9.97 Å². The van der Waals surface area contributed by atoms with Crippen LogP contribution < -0.4 is 5.32 Å². The molecule has 2 aromatic carbocycles. The van der Waals surface area contributed by atoms with Gasteiger partial charge in [-0.1, -0.05) is 36.0 Å². The van der Waals surface area contributed by atoms with Gasteiger partial charge in [0.25, 0.3) is 0 Å². The standard InChI is InChI=1S/C20H19N3OS/c1-12-10-13(2)22-20(21-12)25-11-18(24)23-17-9-8-15-7-6-14-4-3-5-16(17)19(14)15/h3-5,8-10H,6-7,11H2,1-2H3,(H,23,24). The van der Waals surface area contributed by atoms with Crippen molar-refractivity contribution < 1.29 is 4.79 Å². The van der Waals surface area contributed by atoms with E-state index in [0.717, 1.165) is 35.3 Å². The number of amides is 1. The van der Waals surface area contributed by atoms with Gasteiger partial charge in [0.1, 0.15) is 0 Å². The molecule has 1 N–H and O–H groups in total. The summed E-state index contributed by atoms with van der Waals surface area (Å²) in [4.78, 5) is 21.1. The maximum Gasteiger partial charge on any atom is 0.234 e. The zero-order valence-corrected chi connectivity index (χ0v) is 15.1. The van der Waals surface area contributed by atoms with Crippen LogP contribution in [0.3, 0.4) is 0 Å². The van der Waals surface area contributed by atoms with E-state index in [-0.39, 0.29) is 5.91 Å². The maximum atomic E-state index is 12.4. The third-order valence-electron chi connectivity index (χ3n) is 4.45. The Labute approximate surface area is 151 Å². The molecule has 126 valence electrons. The molecule has 1 aromatic heterocycles. The summed E-state index contributed by atoms with van der Waals surface area (Å²) in [6, 6.07) is 12.4. The number of carbonyl (C=O) groups is 1. The van der Waals surface area contributed by atoms with Crippen molar-refractivity contribution in [3.63, 3.8) is 0 Å². The van der Waals surface area contributed by atoms with Crippen LogP contribution in [0, 0.1) is 13.8 Å². The van der Waals surface area contributed by atoms with Gasteiger partial charge in [-0.05, 0) is 55.3 Å². The lowest BCUT2D eigenvalue weighted by Crippen LogP contribution is -2.14. The smallest absolute Gasteiger partial charge is 0.234 e. The molecule has 0 radical (unpaired) electrons. The van der Waals surface area contributed by atoms with Crippen LogP contribution in [-0.4, -0.2) is 21.6 Å². The number of benzene rings is 2. The van der Waals surface area contributed by atoms with Gasteiger partial charge in [0.05, 0.1) is 5.75 Å². The number of hydrogen-bond acceptors (Lipinski definition) is 4. The van der Waals surface area contributed by atoms with Crippen LogP contribution in [0.2, 0.25) is 0 Å². The highest BCUT2D eigenvalue weighted by molar-refractivity contribution is 7.99. The van der Waals surface area contributed by atoms with Gasteiger partial charge in [-0.3, -0.25) is 4.79 Å². The minimum Gasteiger partial charge on any atom is -0.325 e. The Balaban J connectivity index is 1.51. The van der Waals surface area contributed by atoms with Crippen LogP contribution in [0.5, 0.6) is 0 Å². The average molecular weight is 349 g/mol. The molecule has 0 atom stereocenters. The Morgan fingerprint density at radius 1 is 1.08 bits per heavy atom. The number of rotatable bonds is 4. The van der Waals surface area contributed by atoms with E-state index in [1.165, 1.54) is 28.3 Å². The highest BCUT2D eigenvalue weighted by atomic mass is 32.2. The Kier molecular flexibility index (Phi) is 4.17. The summed E-state index contributed by atoms with van der Waals surface area (Å²) in [6.45, 7) is 3.87. The molecule has 1 heterocycles. The van der Waals surface area contributed by atoms with Gasteiger partial charge in [-0.15, -0.1) is 0 Å². The summed E-state index contributed by atoms with van der Waals surface area (Å²) in [5.41, 5.74) is 5.48. The zero-order chi connectivity index (χ0) is 17.4. The van der Waals surface area contributed by atoms with Crippen LogP contribution in [0.1, 0.15) is 22.5 Å². The lowest BCUT2D eigenvalue weighted by atomic mass is 10.0.